The molecule has 4 heteroatoms. The lowest BCUT2D eigenvalue weighted by Gasteiger charge is -2.36. The van der Waals surface area contributed by atoms with Gasteiger partial charge in [0.1, 0.15) is 12.3 Å². The van der Waals surface area contributed by atoms with Gasteiger partial charge in [0.15, 0.2) is 6.04 Å². The van der Waals surface area contributed by atoms with Crippen LogP contribution in [-0.4, -0.2) is 43.8 Å². The molecule has 0 saturated carbocycles. The van der Waals surface area contributed by atoms with Crippen LogP contribution in [-0.2, 0) is 22.5 Å². The standard InChI is InChI=1S/C33H52NO3/c1-5-7-8-9-10-11-12-16-23-30-24-17-18-25-32(30)36-26-19-20-27-37-33(35)31(6-2)34(3,4)28-29-21-14-13-15-22-29/h13-15,17-18,21-22,24-25,31H,5-12,16,19-20,23,26-28H2,1-4H3/q+1. The predicted molar refractivity (Wildman–Crippen MR) is 155 cm³/mol. The Morgan fingerprint density at radius 3 is 2.08 bits per heavy atom. The molecule has 0 bridgehead atoms. The molecule has 2 aromatic rings. The summed E-state index contributed by atoms with van der Waals surface area (Å²) in [5.74, 6) is 0.911. The molecule has 0 aliphatic rings. The number of unbranched alkanes of at least 4 members (excludes halogenated alkanes) is 8. The molecule has 0 saturated heterocycles. The van der Waals surface area contributed by atoms with Crippen LogP contribution in [0.5, 0.6) is 5.75 Å². The van der Waals surface area contributed by atoms with Gasteiger partial charge in [-0.05, 0) is 37.3 Å². The summed E-state index contributed by atoms with van der Waals surface area (Å²) >= 11 is 0. The van der Waals surface area contributed by atoms with E-state index in [-0.39, 0.29) is 12.0 Å². The molecule has 0 spiro atoms. The predicted octanol–water partition coefficient (Wildman–Crippen LogP) is 8.13. The van der Waals surface area contributed by atoms with E-state index in [1.54, 1.807) is 0 Å². The van der Waals surface area contributed by atoms with Crippen molar-refractivity contribution >= 4 is 5.97 Å². The molecule has 2 aromatic carbocycles. The molecule has 4 nitrogen and oxygen atoms in total. The summed E-state index contributed by atoms with van der Waals surface area (Å²) in [6.45, 7) is 6.24. The zero-order valence-electron chi connectivity index (χ0n) is 24.1. The second kappa shape index (κ2) is 18.0. The number of likely N-dealkylation sites (N-methyl/N-ethyl adjacent to an activating group) is 1. The van der Waals surface area contributed by atoms with Crippen LogP contribution in [0.25, 0.3) is 0 Å². The Morgan fingerprint density at radius 2 is 1.38 bits per heavy atom. The normalized spacial score (nSPS) is 12.3. The van der Waals surface area contributed by atoms with Gasteiger partial charge in [-0.2, -0.15) is 0 Å². The highest BCUT2D eigenvalue weighted by molar-refractivity contribution is 5.74. The monoisotopic (exact) mass is 510 g/mol. The van der Waals surface area contributed by atoms with Crippen LogP contribution in [0.1, 0.15) is 95.6 Å². The molecular formula is C33H52NO3+. The first-order valence-electron chi connectivity index (χ1n) is 14.7. The van der Waals surface area contributed by atoms with Crippen LogP contribution >= 0.6 is 0 Å². The zero-order valence-corrected chi connectivity index (χ0v) is 24.1. The van der Waals surface area contributed by atoms with E-state index in [0.717, 1.165) is 38.0 Å². The molecule has 0 radical (unpaired) electrons. The number of ether oxygens (including phenoxy) is 2. The number of aryl methyl sites for hydroxylation is 1. The third-order valence-electron chi connectivity index (χ3n) is 7.25. The average molecular weight is 511 g/mol. The van der Waals surface area contributed by atoms with Gasteiger partial charge in [0.2, 0.25) is 0 Å². The lowest BCUT2D eigenvalue weighted by atomic mass is 10.0. The van der Waals surface area contributed by atoms with Gasteiger partial charge >= 0.3 is 5.97 Å². The molecule has 37 heavy (non-hydrogen) atoms. The fourth-order valence-electron chi connectivity index (χ4n) is 5.07. The van der Waals surface area contributed by atoms with E-state index in [1.807, 2.05) is 18.2 Å². The Hall–Kier alpha value is -2.33. The van der Waals surface area contributed by atoms with Crippen LogP contribution in [0.3, 0.4) is 0 Å². The first-order chi connectivity index (χ1) is 18.0. The van der Waals surface area contributed by atoms with Gasteiger partial charge in [0, 0.05) is 12.0 Å². The molecule has 0 aliphatic heterocycles. The van der Waals surface area contributed by atoms with Crippen molar-refractivity contribution in [3.8, 4) is 5.75 Å². The highest BCUT2D eigenvalue weighted by Crippen LogP contribution is 2.22. The largest absolute Gasteiger partial charge is 0.493 e. The number of benzene rings is 2. The quantitative estimate of drug-likeness (QED) is 0.102. The zero-order chi connectivity index (χ0) is 26.8. The van der Waals surface area contributed by atoms with Crippen molar-refractivity contribution in [3.63, 3.8) is 0 Å². The Balaban J connectivity index is 1.65. The van der Waals surface area contributed by atoms with E-state index in [1.165, 1.54) is 62.5 Å². The Kier molecular flexibility index (Phi) is 15.0. The molecule has 0 aromatic heterocycles. The highest BCUT2D eigenvalue weighted by atomic mass is 16.5. The van der Waals surface area contributed by atoms with Crippen LogP contribution in [0.15, 0.2) is 54.6 Å². The molecule has 0 heterocycles. The number of carbonyl (C=O) groups is 1. The minimum atomic E-state index is -0.167. The van der Waals surface area contributed by atoms with E-state index in [4.69, 9.17) is 9.47 Å². The maximum Gasteiger partial charge on any atom is 0.364 e. The van der Waals surface area contributed by atoms with Gasteiger partial charge in [0.05, 0.1) is 27.3 Å². The topological polar surface area (TPSA) is 35.5 Å². The molecule has 1 unspecified atom stereocenters. The number of quaternary nitrogens is 1. The number of nitrogens with zero attached hydrogens (tertiary/aromatic N) is 1. The van der Waals surface area contributed by atoms with Gasteiger partial charge in [-0.25, -0.2) is 4.79 Å². The Bertz CT molecular complexity index is 865. The fourth-order valence-corrected chi connectivity index (χ4v) is 5.07. The highest BCUT2D eigenvalue weighted by Gasteiger charge is 2.34. The molecule has 0 amide bonds. The number of esters is 1. The van der Waals surface area contributed by atoms with Crippen LogP contribution in [0.4, 0.5) is 0 Å². The average Bonchev–Trinajstić information content (AvgIpc) is 2.89. The summed E-state index contributed by atoms with van der Waals surface area (Å²) in [6, 6.07) is 18.6. The van der Waals surface area contributed by atoms with Crippen molar-refractivity contribution in [1.82, 2.24) is 0 Å². The van der Waals surface area contributed by atoms with Gasteiger partial charge in [0.25, 0.3) is 0 Å². The molecule has 2 rings (SSSR count). The van der Waals surface area contributed by atoms with Gasteiger partial charge < -0.3 is 14.0 Å². The minimum absolute atomic E-state index is 0.0972. The summed E-state index contributed by atoms with van der Waals surface area (Å²) < 4.78 is 12.4. The first-order valence-corrected chi connectivity index (χ1v) is 14.7. The van der Waals surface area contributed by atoms with E-state index < -0.39 is 0 Å². The minimum Gasteiger partial charge on any atom is -0.493 e. The lowest BCUT2D eigenvalue weighted by molar-refractivity contribution is -0.919. The summed E-state index contributed by atoms with van der Waals surface area (Å²) in [6.07, 6.45) is 14.2. The number of hydrogen-bond acceptors (Lipinski definition) is 3. The van der Waals surface area contributed by atoms with E-state index in [9.17, 15) is 4.79 Å². The molecule has 1 atom stereocenters. The Morgan fingerprint density at radius 1 is 0.757 bits per heavy atom. The first kappa shape index (κ1) is 30.9. The smallest absolute Gasteiger partial charge is 0.364 e. The summed E-state index contributed by atoms with van der Waals surface area (Å²) in [5, 5.41) is 0. The Labute approximate surface area is 227 Å². The van der Waals surface area contributed by atoms with Crippen molar-refractivity contribution < 1.29 is 18.8 Å². The maximum atomic E-state index is 12.9. The maximum absolute atomic E-state index is 12.9. The van der Waals surface area contributed by atoms with Crippen molar-refractivity contribution in [2.45, 2.75) is 103 Å². The number of carbonyl (C=O) groups excluding carboxylic acids is 1. The van der Waals surface area contributed by atoms with Crippen LogP contribution in [0, 0.1) is 0 Å². The van der Waals surface area contributed by atoms with Gasteiger partial charge in [-0.3, -0.25) is 0 Å². The van der Waals surface area contributed by atoms with Gasteiger partial charge in [-0.15, -0.1) is 0 Å². The summed E-state index contributed by atoms with van der Waals surface area (Å²) in [4.78, 5) is 12.9. The second-order valence-electron chi connectivity index (χ2n) is 10.9. The molecule has 0 N–H and O–H groups in total. The van der Waals surface area contributed by atoms with Crippen LogP contribution in [0.2, 0.25) is 0 Å². The lowest BCUT2D eigenvalue weighted by Crippen LogP contribution is -2.52. The third kappa shape index (κ3) is 12.2. The fraction of sp³-hybridized carbons (Fsp3) is 0.606. The second-order valence-corrected chi connectivity index (χ2v) is 10.9. The van der Waals surface area contributed by atoms with E-state index in [2.05, 4.69) is 64.3 Å². The molecule has 0 aliphatic carbocycles. The van der Waals surface area contributed by atoms with Crippen molar-refractivity contribution in [1.29, 1.82) is 0 Å². The van der Waals surface area contributed by atoms with Gasteiger partial charge in [-0.1, -0.05) is 107 Å². The number of hydrogen-bond donors (Lipinski definition) is 0. The molecule has 0 fully saturated rings. The van der Waals surface area contributed by atoms with Crippen molar-refractivity contribution in [3.05, 3.63) is 65.7 Å². The summed E-state index contributed by atoms with van der Waals surface area (Å²) in [7, 11) is 4.22. The molecule has 206 valence electrons. The van der Waals surface area contributed by atoms with Crippen LogP contribution < -0.4 is 4.74 Å². The molecular weight excluding hydrogens is 458 g/mol. The number of para-hydroxylation sites is 1. The van der Waals surface area contributed by atoms with Crippen molar-refractivity contribution in [2.24, 2.45) is 0 Å². The summed E-state index contributed by atoms with van der Waals surface area (Å²) in [5.41, 5.74) is 2.54. The number of rotatable bonds is 20. The third-order valence-corrected chi connectivity index (χ3v) is 7.25. The van der Waals surface area contributed by atoms with E-state index >= 15 is 0 Å². The van der Waals surface area contributed by atoms with Crippen molar-refractivity contribution in [2.75, 3.05) is 27.3 Å². The van der Waals surface area contributed by atoms with E-state index in [0.29, 0.717) is 17.7 Å². The SMILES string of the molecule is CCCCCCCCCCc1ccccc1OCCCCOC(=O)C(CC)[N+](C)(C)Cc1ccccc1.